The fourth-order valence-electron chi connectivity index (χ4n) is 2.11. The maximum Gasteiger partial charge on any atom is 0.341 e. The number of halogens is 2. The Morgan fingerprint density at radius 2 is 2.04 bits per heavy atom. The van der Waals surface area contributed by atoms with Crippen LogP contribution in [0.5, 0.6) is 0 Å². The van der Waals surface area contributed by atoms with Crippen LogP contribution < -0.4 is 0 Å². The molecule has 1 aliphatic heterocycles. The van der Waals surface area contributed by atoms with Crippen LogP contribution >= 0.6 is 23.2 Å². The topological polar surface area (TPSA) is 57.7 Å². The third kappa shape index (κ3) is 4.00. The van der Waals surface area contributed by atoms with Crippen LogP contribution in [-0.4, -0.2) is 30.3 Å². The summed E-state index contributed by atoms with van der Waals surface area (Å²) in [5.74, 6) is -0.540. The molecule has 0 spiro atoms. The molecule has 5 nitrogen and oxygen atoms in total. The van der Waals surface area contributed by atoms with E-state index in [9.17, 15) is 4.79 Å². The number of hydrogen-bond acceptors (Lipinski definition) is 5. The van der Waals surface area contributed by atoms with Crippen LogP contribution in [0.4, 0.5) is 0 Å². The molecule has 1 aliphatic rings. The van der Waals surface area contributed by atoms with Crippen LogP contribution in [0.15, 0.2) is 42.6 Å². The molecule has 0 bridgehead atoms. The molecule has 1 aromatic heterocycles. The number of carbonyl (C=O) groups is 1. The number of carbonyl (C=O) groups excluding carboxylic acids is 1. The Labute approximate surface area is 143 Å². The average Bonchev–Trinajstić information content (AvgIpc) is 3.03. The highest BCUT2D eigenvalue weighted by Gasteiger charge is 2.28. The van der Waals surface area contributed by atoms with E-state index in [1.165, 1.54) is 6.20 Å². The summed E-state index contributed by atoms with van der Waals surface area (Å²) in [6, 6.07) is 10.4. The van der Waals surface area contributed by atoms with E-state index in [2.05, 4.69) is 4.98 Å². The summed E-state index contributed by atoms with van der Waals surface area (Å²) < 4.78 is 16.5. The maximum atomic E-state index is 12.0. The van der Waals surface area contributed by atoms with Gasteiger partial charge in [0.15, 0.2) is 6.29 Å². The van der Waals surface area contributed by atoms with Gasteiger partial charge >= 0.3 is 5.97 Å². The molecule has 0 amide bonds. The van der Waals surface area contributed by atoms with Gasteiger partial charge in [-0.1, -0.05) is 35.3 Å². The molecule has 0 aliphatic carbocycles. The lowest BCUT2D eigenvalue weighted by Gasteiger charge is -2.12. The number of nitrogens with zero attached hydrogens (tertiary/aromatic N) is 1. The van der Waals surface area contributed by atoms with Crippen molar-refractivity contribution in [2.24, 2.45) is 0 Å². The first-order chi connectivity index (χ1) is 11.1. The van der Waals surface area contributed by atoms with E-state index in [-0.39, 0.29) is 23.4 Å². The predicted octanol–water partition coefficient (Wildman–Crippen LogP) is 3.66. The second-order valence-electron chi connectivity index (χ2n) is 4.92. The smallest absolute Gasteiger partial charge is 0.341 e. The molecule has 23 heavy (non-hydrogen) atoms. The average molecular weight is 354 g/mol. The van der Waals surface area contributed by atoms with E-state index >= 15 is 0 Å². The van der Waals surface area contributed by atoms with Crippen LogP contribution in [0.1, 0.15) is 22.2 Å². The molecule has 3 rings (SSSR count). The van der Waals surface area contributed by atoms with E-state index in [4.69, 9.17) is 37.4 Å². The van der Waals surface area contributed by atoms with Gasteiger partial charge in [-0.15, -0.1) is 0 Å². The van der Waals surface area contributed by atoms with Gasteiger partial charge in [0.1, 0.15) is 17.9 Å². The molecule has 1 aromatic carbocycles. The van der Waals surface area contributed by atoms with Crippen molar-refractivity contribution in [1.29, 1.82) is 0 Å². The standard InChI is InChI=1S/C16H13Cl2NO4/c17-11-5-3-10(4-6-11)16-22-9-12(23-16)8-21-15(20)13-2-1-7-19-14(13)18/h1-7,12,16H,8-9H2. The summed E-state index contributed by atoms with van der Waals surface area (Å²) in [5.41, 5.74) is 1.08. The number of hydrogen-bond donors (Lipinski definition) is 0. The molecule has 2 heterocycles. The second-order valence-corrected chi connectivity index (χ2v) is 5.71. The largest absolute Gasteiger partial charge is 0.459 e. The van der Waals surface area contributed by atoms with Crippen molar-refractivity contribution in [3.05, 3.63) is 63.9 Å². The van der Waals surface area contributed by atoms with Gasteiger partial charge < -0.3 is 14.2 Å². The van der Waals surface area contributed by atoms with Gasteiger partial charge in [-0.25, -0.2) is 9.78 Å². The second kappa shape index (κ2) is 7.27. The predicted molar refractivity (Wildman–Crippen MR) is 84.5 cm³/mol. The lowest BCUT2D eigenvalue weighted by atomic mass is 10.2. The molecule has 2 unspecified atom stereocenters. The first-order valence-corrected chi connectivity index (χ1v) is 7.69. The number of benzene rings is 1. The highest BCUT2D eigenvalue weighted by Crippen LogP contribution is 2.28. The van der Waals surface area contributed by atoms with Gasteiger partial charge in [-0.05, 0) is 24.3 Å². The van der Waals surface area contributed by atoms with Gasteiger partial charge in [0.2, 0.25) is 0 Å². The number of aromatic nitrogens is 1. The molecule has 120 valence electrons. The van der Waals surface area contributed by atoms with Crippen molar-refractivity contribution < 1.29 is 19.0 Å². The van der Waals surface area contributed by atoms with Crippen LogP contribution in [-0.2, 0) is 14.2 Å². The Bertz CT molecular complexity index is 693. The fraction of sp³-hybridized carbons (Fsp3) is 0.250. The van der Waals surface area contributed by atoms with Gasteiger partial charge in [0.25, 0.3) is 0 Å². The maximum absolute atomic E-state index is 12.0. The van der Waals surface area contributed by atoms with Crippen molar-refractivity contribution in [2.45, 2.75) is 12.4 Å². The SMILES string of the molecule is O=C(OCC1COC(c2ccc(Cl)cc2)O1)c1cccnc1Cl. The third-order valence-corrected chi connectivity index (χ3v) is 3.82. The summed E-state index contributed by atoms with van der Waals surface area (Å²) in [6.07, 6.45) is 0.678. The van der Waals surface area contributed by atoms with Crippen LogP contribution in [0.2, 0.25) is 10.2 Å². The van der Waals surface area contributed by atoms with E-state index in [1.54, 1.807) is 24.3 Å². The number of esters is 1. The van der Waals surface area contributed by atoms with Crippen LogP contribution in [0.25, 0.3) is 0 Å². The van der Waals surface area contributed by atoms with E-state index in [0.717, 1.165) is 5.56 Å². The third-order valence-electron chi connectivity index (χ3n) is 3.27. The molecule has 1 saturated heterocycles. The first kappa shape index (κ1) is 16.2. The zero-order chi connectivity index (χ0) is 16.2. The highest BCUT2D eigenvalue weighted by molar-refractivity contribution is 6.32. The fourth-order valence-corrected chi connectivity index (χ4v) is 2.44. The zero-order valence-electron chi connectivity index (χ0n) is 11.9. The molecule has 0 N–H and O–H groups in total. The minimum Gasteiger partial charge on any atom is -0.459 e. The Kier molecular flexibility index (Phi) is 5.13. The Morgan fingerprint density at radius 3 is 2.78 bits per heavy atom. The van der Waals surface area contributed by atoms with Crippen molar-refractivity contribution >= 4 is 29.2 Å². The summed E-state index contributed by atoms with van der Waals surface area (Å²) in [5, 5.41) is 0.755. The molecule has 2 atom stereocenters. The lowest BCUT2D eigenvalue weighted by Crippen LogP contribution is -2.21. The summed E-state index contributed by atoms with van der Waals surface area (Å²) >= 11 is 11.7. The minimum absolute atomic E-state index is 0.0775. The number of rotatable bonds is 4. The van der Waals surface area contributed by atoms with Gasteiger partial charge in [0, 0.05) is 16.8 Å². The number of pyridine rings is 1. The van der Waals surface area contributed by atoms with Crippen molar-refractivity contribution in [1.82, 2.24) is 4.98 Å². The van der Waals surface area contributed by atoms with Gasteiger partial charge in [-0.2, -0.15) is 0 Å². The summed E-state index contributed by atoms with van der Waals surface area (Å²) in [7, 11) is 0. The minimum atomic E-state index is -0.540. The molecule has 0 radical (unpaired) electrons. The van der Waals surface area contributed by atoms with E-state index in [1.807, 2.05) is 12.1 Å². The van der Waals surface area contributed by atoms with Gasteiger partial charge in [-0.3, -0.25) is 0 Å². The monoisotopic (exact) mass is 353 g/mol. The first-order valence-electron chi connectivity index (χ1n) is 6.93. The van der Waals surface area contributed by atoms with Crippen LogP contribution in [0.3, 0.4) is 0 Å². The normalized spacial score (nSPS) is 20.4. The Morgan fingerprint density at radius 1 is 1.26 bits per heavy atom. The molecule has 1 fully saturated rings. The Hall–Kier alpha value is -1.66. The number of ether oxygens (including phenoxy) is 3. The van der Waals surface area contributed by atoms with E-state index in [0.29, 0.717) is 11.6 Å². The lowest BCUT2D eigenvalue weighted by molar-refractivity contribution is -0.0696. The van der Waals surface area contributed by atoms with Crippen LogP contribution in [0, 0.1) is 0 Å². The van der Waals surface area contributed by atoms with Gasteiger partial charge in [0.05, 0.1) is 12.2 Å². The zero-order valence-corrected chi connectivity index (χ0v) is 13.5. The molecule has 7 heteroatoms. The molecular weight excluding hydrogens is 341 g/mol. The molecule has 0 saturated carbocycles. The quantitative estimate of drug-likeness (QED) is 0.620. The van der Waals surface area contributed by atoms with Crippen molar-refractivity contribution in [3.63, 3.8) is 0 Å². The highest BCUT2D eigenvalue weighted by atomic mass is 35.5. The molecular formula is C16H13Cl2NO4. The Balaban J connectivity index is 1.53. The molecule has 2 aromatic rings. The summed E-state index contributed by atoms with van der Waals surface area (Å²) in [4.78, 5) is 15.8. The van der Waals surface area contributed by atoms with Crippen molar-refractivity contribution in [3.8, 4) is 0 Å². The van der Waals surface area contributed by atoms with E-state index < -0.39 is 12.3 Å². The van der Waals surface area contributed by atoms with Crippen molar-refractivity contribution in [2.75, 3.05) is 13.2 Å². The summed E-state index contributed by atoms with van der Waals surface area (Å²) in [6.45, 7) is 0.412.